The molecular formula is C22H23Cl2N3O5. The van der Waals surface area contributed by atoms with E-state index in [1.165, 1.54) is 18.2 Å². The number of nitrogens with one attached hydrogen (secondary N) is 1. The third-order valence-corrected chi connectivity index (χ3v) is 5.54. The third-order valence-electron chi connectivity index (χ3n) is 5.00. The molecule has 0 aromatic heterocycles. The molecule has 0 radical (unpaired) electrons. The van der Waals surface area contributed by atoms with Crippen molar-refractivity contribution in [1.29, 1.82) is 0 Å². The van der Waals surface area contributed by atoms with Crippen LogP contribution in [0, 0.1) is 0 Å². The maximum Gasteiger partial charge on any atom is 0.325 e. The summed E-state index contributed by atoms with van der Waals surface area (Å²) in [4.78, 5) is 40.2. The van der Waals surface area contributed by atoms with Crippen molar-refractivity contribution in [1.82, 2.24) is 10.2 Å². The molecule has 3 rings (SSSR count). The van der Waals surface area contributed by atoms with Crippen LogP contribution in [0.1, 0.15) is 10.4 Å². The molecule has 2 aromatic rings. The predicted octanol–water partition coefficient (Wildman–Crippen LogP) is 2.62. The second-order valence-corrected chi connectivity index (χ2v) is 7.88. The zero-order valence-electron chi connectivity index (χ0n) is 17.5. The van der Waals surface area contributed by atoms with Crippen LogP contribution >= 0.6 is 23.2 Å². The number of nitrogens with zero attached hydrogens (tertiary/aromatic N) is 2. The average Bonchev–Trinajstić information content (AvgIpc) is 2.81. The van der Waals surface area contributed by atoms with Gasteiger partial charge in [-0.3, -0.25) is 14.4 Å². The van der Waals surface area contributed by atoms with Gasteiger partial charge in [0.15, 0.2) is 6.61 Å². The number of hydrogen-bond donors (Lipinski definition) is 1. The van der Waals surface area contributed by atoms with Crippen LogP contribution in [-0.4, -0.2) is 69.1 Å². The molecule has 0 saturated carbocycles. The van der Waals surface area contributed by atoms with Crippen molar-refractivity contribution >= 4 is 46.7 Å². The Kier molecular flexibility index (Phi) is 8.19. The van der Waals surface area contributed by atoms with Gasteiger partial charge in [0.25, 0.3) is 11.8 Å². The fourth-order valence-corrected chi connectivity index (χ4v) is 3.71. The van der Waals surface area contributed by atoms with Gasteiger partial charge < -0.3 is 24.6 Å². The number of rotatable bonds is 7. The van der Waals surface area contributed by atoms with E-state index < -0.39 is 11.9 Å². The van der Waals surface area contributed by atoms with Gasteiger partial charge in [0.1, 0.15) is 12.3 Å². The van der Waals surface area contributed by atoms with Gasteiger partial charge in [-0.15, -0.1) is 0 Å². The largest absolute Gasteiger partial charge is 0.497 e. The average molecular weight is 480 g/mol. The molecule has 0 unspecified atom stereocenters. The first-order chi connectivity index (χ1) is 15.4. The molecule has 8 nitrogen and oxygen atoms in total. The molecule has 0 aliphatic carbocycles. The molecule has 2 aromatic carbocycles. The van der Waals surface area contributed by atoms with Gasteiger partial charge in [0.05, 0.1) is 17.7 Å². The summed E-state index contributed by atoms with van der Waals surface area (Å²) in [7, 11) is 1.62. The molecule has 2 amide bonds. The zero-order valence-corrected chi connectivity index (χ0v) is 19.0. The number of methoxy groups -OCH3 is 1. The van der Waals surface area contributed by atoms with Crippen molar-refractivity contribution in [2.75, 3.05) is 51.3 Å². The molecule has 0 atom stereocenters. The summed E-state index contributed by atoms with van der Waals surface area (Å²) >= 11 is 11.8. The Hall–Kier alpha value is -2.97. The third kappa shape index (κ3) is 6.27. The van der Waals surface area contributed by atoms with Crippen molar-refractivity contribution < 1.29 is 23.9 Å². The molecule has 1 fully saturated rings. The lowest BCUT2D eigenvalue weighted by Crippen LogP contribution is -2.50. The maximum absolute atomic E-state index is 12.4. The number of esters is 1. The molecule has 1 N–H and O–H groups in total. The lowest BCUT2D eigenvalue weighted by atomic mass is 10.2. The molecule has 32 heavy (non-hydrogen) atoms. The predicted molar refractivity (Wildman–Crippen MR) is 122 cm³/mol. The Labute approximate surface area is 196 Å². The number of hydrogen-bond acceptors (Lipinski definition) is 6. The number of anilines is 1. The van der Waals surface area contributed by atoms with Gasteiger partial charge >= 0.3 is 5.97 Å². The van der Waals surface area contributed by atoms with Crippen molar-refractivity contribution in [3.63, 3.8) is 0 Å². The topological polar surface area (TPSA) is 88.2 Å². The molecule has 170 valence electrons. The Morgan fingerprint density at radius 3 is 2.31 bits per heavy atom. The van der Waals surface area contributed by atoms with E-state index in [2.05, 4.69) is 10.2 Å². The monoisotopic (exact) mass is 479 g/mol. The minimum absolute atomic E-state index is 0.173. The molecule has 1 heterocycles. The highest BCUT2D eigenvalue weighted by molar-refractivity contribution is 6.36. The van der Waals surface area contributed by atoms with E-state index in [0.717, 1.165) is 11.4 Å². The first-order valence-electron chi connectivity index (χ1n) is 9.93. The molecule has 10 heteroatoms. The van der Waals surface area contributed by atoms with E-state index >= 15 is 0 Å². The highest BCUT2D eigenvalue weighted by atomic mass is 35.5. The van der Waals surface area contributed by atoms with Crippen LogP contribution < -0.4 is 15.0 Å². The van der Waals surface area contributed by atoms with E-state index in [-0.39, 0.29) is 29.6 Å². The molecule has 1 saturated heterocycles. The minimum Gasteiger partial charge on any atom is -0.497 e. The van der Waals surface area contributed by atoms with Crippen LogP contribution in [0.15, 0.2) is 42.5 Å². The quantitative estimate of drug-likeness (QED) is 0.614. The first-order valence-corrected chi connectivity index (χ1v) is 10.7. The van der Waals surface area contributed by atoms with Gasteiger partial charge in [-0.2, -0.15) is 0 Å². The van der Waals surface area contributed by atoms with Crippen LogP contribution in [0.5, 0.6) is 5.75 Å². The highest BCUT2D eigenvalue weighted by Gasteiger charge is 2.22. The van der Waals surface area contributed by atoms with Crippen molar-refractivity contribution in [2.45, 2.75) is 0 Å². The number of amides is 2. The fourth-order valence-electron chi connectivity index (χ4n) is 3.21. The van der Waals surface area contributed by atoms with Gasteiger partial charge in [-0.25, -0.2) is 0 Å². The normalized spacial score (nSPS) is 13.5. The number of carbonyl (C=O) groups is 3. The lowest BCUT2D eigenvalue weighted by molar-refractivity contribution is -0.151. The zero-order chi connectivity index (χ0) is 23.1. The molecule has 1 aliphatic heterocycles. The Morgan fingerprint density at radius 2 is 1.69 bits per heavy atom. The van der Waals surface area contributed by atoms with E-state index in [4.69, 9.17) is 32.7 Å². The van der Waals surface area contributed by atoms with Gasteiger partial charge in [-0.1, -0.05) is 23.2 Å². The second-order valence-electron chi connectivity index (χ2n) is 7.03. The number of ether oxygens (including phenoxy) is 2. The van der Waals surface area contributed by atoms with Gasteiger partial charge in [0, 0.05) is 36.9 Å². The smallest absolute Gasteiger partial charge is 0.325 e. The van der Waals surface area contributed by atoms with Crippen LogP contribution in [0.4, 0.5) is 5.69 Å². The van der Waals surface area contributed by atoms with Crippen LogP contribution in [0.25, 0.3) is 0 Å². The highest BCUT2D eigenvalue weighted by Crippen LogP contribution is 2.21. The Morgan fingerprint density at radius 1 is 1.00 bits per heavy atom. The number of piperazine rings is 1. The van der Waals surface area contributed by atoms with Gasteiger partial charge in [0.2, 0.25) is 0 Å². The number of benzene rings is 2. The van der Waals surface area contributed by atoms with Crippen LogP contribution in [-0.2, 0) is 14.3 Å². The summed E-state index contributed by atoms with van der Waals surface area (Å²) < 4.78 is 10.2. The van der Waals surface area contributed by atoms with E-state index in [1.807, 2.05) is 24.3 Å². The molecular weight excluding hydrogens is 457 g/mol. The number of carbonyl (C=O) groups excluding carboxylic acids is 3. The number of halogens is 2. The van der Waals surface area contributed by atoms with Crippen LogP contribution in [0.3, 0.4) is 0 Å². The molecule has 0 bridgehead atoms. The summed E-state index contributed by atoms with van der Waals surface area (Å²) in [5.74, 6) is -0.741. The fraction of sp³-hybridized carbons (Fsp3) is 0.318. The first kappa shape index (κ1) is 23.7. The van der Waals surface area contributed by atoms with E-state index in [9.17, 15) is 14.4 Å². The summed E-state index contributed by atoms with van der Waals surface area (Å²) in [6.07, 6.45) is 0. The summed E-state index contributed by atoms with van der Waals surface area (Å²) in [6, 6.07) is 12.2. The van der Waals surface area contributed by atoms with E-state index in [0.29, 0.717) is 31.2 Å². The van der Waals surface area contributed by atoms with E-state index in [1.54, 1.807) is 12.0 Å². The van der Waals surface area contributed by atoms with Crippen molar-refractivity contribution in [3.05, 3.63) is 58.1 Å². The summed E-state index contributed by atoms with van der Waals surface area (Å²) in [5.41, 5.74) is 1.25. The van der Waals surface area contributed by atoms with Gasteiger partial charge in [-0.05, 0) is 42.5 Å². The van der Waals surface area contributed by atoms with Crippen molar-refractivity contribution in [3.8, 4) is 5.75 Å². The molecule has 0 spiro atoms. The Bertz CT molecular complexity index is 976. The Balaban J connectivity index is 1.38. The van der Waals surface area contributed by atoms with Crippen molar-refractivity contribution in [2.24, 2.45) is 0 Å². The summed E-state index contributed by atoms with van der Waals surface area (Å²) in [5, 5.41) is 2.98. The standard InChI is InChI=1S/C22H23Cl2N3O5/c1-31-17-5-3-16(4-6-17)26-8-10-27(11-9-26)20(28)14-32-21(29)13-25-22(30)18-7-2-15(23)12-19(18)24/h2-7,12H,8-11,13-14H2,1H3,(H,25,30). The molecule has 1 aliphatic rings. The van der Waals surface area contributed by atoms with Crippen LogP contribution in [0.2, 0.25) is 10.0 Å². The second kappa shape index (κ2) is 11.1. The summed E-state index contributed by atoms with van der Waals surface area (Å²) in [6.45, 7) is 1.63. The SMILES string of the molecule is COc1ccc(N2CCN(C(=O)COC(=O)CNC(=O)c3ccc(Cl)cc3Cl)CC2)cc1. The maximum atomic E-state index is 12.4. The lowest BCUT2D eigenvalue weighted by Gasteiger charge is -2.36. The minimum atomic E-state index is -0.714.